The molecule has 1 fully saturated rings. The van der Waals surface area contributed by atoms with E-state index in [0.717, 1.165) is 38.2 Å². The lowest BCUT2D eigenvalue weighted by Crippen LogP contribution is -2.46. The molecule has 0 radical (unpaired) electrons. The summed E-state index contributed by atoms with van der Waals surface area (Å²) in [6.45, 7) is 6.43. The van der Waals surface area contributed by atoms with Gasteiger partial charge in [-0.2, -0.15) is 5.10 Å². The van der Waals surface area contributed by atoms with Gasteiger partial charge < -0.3 is 5.11 Å². The van der Waals surface area contributed by atoms with E-state index in [2.05, 4.69) is 23.9 Å². The molecule has 6 heteroatoms. The van der Waals surface area contributed by atoms with Crippen LogP contribution in [0.5, 0.6) is 0 Å². The first-order valence-electron chi connectivity index (χ1n) is 6.95. The van der Waals surface area contributed by atoms with Gasteiger partial charge in [0.05, 0.1) is 6.54 Å². The van der Waals surface area contributed by atoms with Crippen LogP contribution >= 0.6 is 0 Å². The lowest BCUT2D eigenvalue weighted by molar-refractivity contribution is -0.145. The summed E-state index contributed by atoms with van der Waals surface area (Å²) in [7, 11) is 0. The fourth-order valence-corrected chi connectivity index (χ4v) is 2.63. The molecule has 0 spiro atoms. The number of carboxylic acid groups (broad SMARTS) is 1. The van der Waals surface area contributed by atoms with E-state index in [-0.39, 0.29) is 0 Å². The Hall–Kier alpha value is -1.43. The van der Waals surface area contributed by atoms with Gasteiger partial charge in [-0.1, -0.05) is 13.8 Å². The zero-order valence-electron chi connectivity index (χ0n) is 11.6. The van der Waals surface area contributed by atoms with Gasteiger partial charge in [-0.25, -0.2) is 9.67 Å². The van der Waals surface area contributed by atoms with Gasteiger partial charge >= 0.3 is 5.97 Å². The number of aromatic nitrogens is 3. The van der Waals surface area contributed by atoms with Crippen LogP contribution in [0, 0.1) is 5.92 Å². The molecule has 0 bridgehead atoms. The minimum Gasteiger partial charge on any atom is -0.480 e. The molecule has 2 heterocycles. The van der Waals surface area contributed by atoms with Crippen molar-refractivity contribution >= 4 is 5.97 Å². The quantitative estimate of drug-likeness (QED) is 0.871. The summed E-state index contributed by atoms with van der Waals surface area (Å²) in [6, 6.07) is -0.393. The number of carbonyl (C=O) groups is 1. The predicted octanol–water partition coefficient (Wildman–Crippen LogP) is 1.37. The average molecular weight is 266 g/mol. The van der Waals surface area contributed by atoms with Crippen molar-refractivity contribution < 1.29 is 9.90 Å². The molecule has 0 saturated carbocycles. The molecule has 0 aromatic carbocycles. The zero-order valence-corrected chi connectivity index (χ0v) is 11.6. The van der Waals surface area contributed by atoms with Crippen LogP contribution in [0.25, 0.3) is 0 Å². The Balaban J connectivity index is 2.07. The normalized spacial score (nSPS) is 24.5. The molecule has 19 heavy (non-hydrogen) atoms. The second kappa shape index (κ2) is 6.14. The van der Waals surface area contributed by atoms with Crippen molar-refractivity contribution in [2.75, 3.05) is 6.54 Å². The fourth-order valence-electron chi connectivity index (χ4n) is 2.63. The first-order valence-corrected chi connectivity index (χ1v) is 6.95. The van der Waals surface area contributed by atoms with Crippen molar-refractivity contribution in [2.45, 2.75) is 52.2 Å². The highest BCUT2D eigenvalue weighted by Crippen LogP contribution is 2.24. The van der Waals surface area contributed by atoms with Gasteiger partial charge in [-0.05, 0) is 31.7 Å². The Labute approximate surface area is 113 Å². The van der Waals surface area contributed by atoms with Crippen LogP contribution in [0.4, 0.5) is 0 Å². The number of hydrogen-bond donors (Lipinski definition) is 1. The standard InChI is InChI=1S/C13H22N4O2/c1-3-5-17-12(14-9-15-17)8-16-6-4-10(2)7-11(16)13(18)19/h9-11H,3-8H2,1-2H3,(H,18,19). The van der Waals surface area contributed by atoms with E-state index in [0.29, 0.717) is 12.5 Å². The summed E-state index contributed by atoms with van der Waals surface area (Å²) in [5.74, 6) is 0.613. The van der Waals surface area contributed by atoms with Crippen molar-refractivity contribution in [1.29, 1.82) is 0 Å². The molecule has 1 saturated heterocycles. The van der Waals surface area contributed by atoms with Gasteiger partial charge in [0.15, 0.2) is 0 Å². The number of piperidine rings is 1. The molecule has 1 aromatic rings. The number of aryl methyl sites for hydroxylation is 1. The molecule has 1 aliphatic rings. The number of rotatable bonds is 5. The molecule has 1 N–H and O–H groups in total. The van der Waals surface area contributed by atoms with Crippen LogP contribution in [0.2, 0.25) is 0 Å². The van der Waals surface area contributed by atoms with Gasteiger partial charge in [-0.3, -0.25) is 9.69 Å². The van der Waals surface area contributed by atoms with E-state index < -0.39 is 12.0 Å². The summed E-state index contributed by atoms with van der Waals surface area (Å²) in [4.78, 5) is 17.6. The maximum atomic E-state index is 11.4. The van der Waals surface area contributed by atoms with Gasteiger partial charge in [0, 0.05) is 6.54 Å². The SMILES string of the molecule is CCCn1ncnc1CN1CCC(C)CC1C(=O)O. The number of likely N-dealkylation sites (tertiary alicyclic amines) is 1. The van der Waals surface area contributed by atoms with Crippen LogP contribution in [-0.4, -0.2) is 43.3 Å². The first-order chi connectivity index (χ1) is 9.11. The van der Waals surface area contributed by atoms with Gasteiger partial charge in [0.2, 0.25) is 0 Å². The smallest absolute Gasteiger partial charge is 0.320 e. The Kier molecular flexibility index (Phi) is 4.52. The van der Waals surface area contributed by atoms with Crippen LogP contribution in [0.1, 0.15) is 38.9 Å². The van der Waals surface area contributed by atoms with Gasteiger partial charge in [-0.15, -0.1) is 0 Å². The third-order valence-corrected chi connectivity index (χ3v) is 3.74. The second-order valence-corrected chi connectivity index (χ2v) is 5.35. The Morgan fingerprint density at radius 1 is 1.58 bits per heavy atom. The van der Waals surface area contributed by atoms with Crippen molar-refractivity contribution in [1.82, 2.24) is 19.7 Å². The van der Waals surface area contributed by atoms with E-state index in [1.807, 2.05) is 9.58 Å². The van der Waals surface area contributed by atoms with Crippen molar-refractivity contribution in [3.8, 4) is 0 Å². The molecule has 1 aliphatic heterocycles. The summed E-state index contributed by atoms with van der Waals surface area (Å²) in [6.07, 6.45) is 4.31. The second-order valence-electron chi connectivity index (χ2n) is 5.35. The largest absolute Gasteiger partial charge is 0.480 e. The van der Waals surface area contributed by atoms with E-state index in [1.54, 1.807) is 6.33 Å². The summed E-state index contributed by atoms with van der Waals surface area (Å²) in [5, 5.41) is 13.5. The zero-order chi connectivity index (χ0) is 13.8. The molecule has 6 nitrogen and oxygen atoms in total. The van der Waals surface area contributed by atoms with Crippen LogP contribution in [0.15, 0.2) is 6.33 Å². The van der Waals surface area contributed by atoms with Crippen LogP contribution in [0.3, 0.4) is 0 Å². The average Bonchev–Trinajstić information content (AvgIpc) is 2.79. The number of nitrogens with zero attached hydrogens (tertiary/aromatic N) is 4. The number of aliphatic carboxylic acids is 1. The molecule has 1 aromatic heterocycles. The van der Waals surface area contributed by atoms with E-state index in [4.69, 9.17) is 0 Å². The predicted molar refractivity (Wildman–Crippen MR) is 70.5 cm³/mol. The molecular formula is C13H22N4O2. The first kappa shape index (κ1) is 14.0. The maximum absolute atomic E-state index is 11.4. The van der Waals surface area contributed by atoms with Crippen LogP contribution in [-0.2, 0) is 17.9 Å². The van der Waals surface area contributed by atoms with E-state index in [1.165, 1.54) is 0 Å². The fraction of sp³-hybridized carbons (Fsp3) is 0.769. The number of hydrogen-bond acceptors (Lipinski definition) is 4. The van der Waals surface area contributed by atoms with Gasteiger partial charge in [0.25, 0.3) is 0 Å². The minimum absolute atomic E-state index is 0.393. The minimum atomic E-state index is -0.729. The highest BCUT2D eigenvalue weighted by atomic mass is 16.4. The third-order valence-electron chi connectivity index (χ3n) is 3.74. The van der Waals surface area contributed by atoms with Crippen molar-refractivity contribution in [3.05, 3.63) is 12.2 Å². The highest BCUT2D eigenvalue weighted by Gasteiger charge is 2.32. The molecule has 2 unspecified atom stereocenters. The third kappa shape index (κ3) is 3.32. The van der Waals surface area contributed by atoms with Crippen molar-refractivity contribution in [3.63, 3.8) is 0 Å². The topological polar surface area (TPSA) is 71.2 Å². The summed E-state index contributed by atoms with van der Waals surface area (Å²) < 4.78 is 1.87. The maximum Gasteiger partial charge on any atom is 0.320 e. The molecule has 2 rings (SSSR count). The highest BCUT2D eigenvalue weighted by molar-refractivity contribution is 5.73. The number of carboxylic acids is 1. The lowest BCUT2D eigenvalue weighted by Gasteiger charge is -2.35. The molecule has 0 aliphatic carbocycles. The van der Waals surface area contributed by atoms with E-state index >= 15 is 0 Å². The van der Waals surface area contributed by atoms with Crippen molar-refractivity contribution in [2.24, 2.45) is 5.92 Å². The monoisotopic (exact) mass is 266 g/mol. The summed E-state index contributed by atoms with van der Waals surface area (Å²) >= 11 is 0. The summed E-state index contributed by atoms with van der Waals surface area (Å²) in [5.41, 5.74) is 0. The van der Waals surface area contributed by atoms with Crippen LogP contribution < -0.4 is 0 Å². The molecule has 2 atom stereocenters. The molecular weight excluding hydrogens is 244 g/mol. The Morgan fingerprint density at radius 3 is 3.05 bits per heavy atom. The van der Waals surface area contributed by atoms with Gasteiger partial charge in [0.1, 0.15) is 18.2 Å². The Morgan fingerprint density at radius 2 is 2.37 bits per heavy atom. The lowest BCUT2D eigenvalue weighted by atomic mass is 9.92. The van der Waals surface area contributed by atoms with E-state index in [9.17, 15) is 9.90 Å². The Bertz CT molecular complexity index is 432. The molecule has 0 amide bonds. The molecule has 106 valence electrons.